The summed E-state index contributed by atoms with van der Waals surface area (Å²) < 4.78 is 0. The summed E-state index contributed by atoms with van der Waals surface area (Å²) in [4.78, 5) is 13.3. The summed E-state index contributed by atoms with van der Waals surface area (Å²) in [5.74, 6) is 0.939. The predicted molar refractivity (Wildman–Crippen MR) is 53.5 cm³/mol. The minimum atomic E-state index is 0.157. The molecule has 1 aliphatic carbocycles. The van der Waals surface area contributed by atoms with Gasteiger partial charge in [0.2, 0.25) is 5.91 Å². The van der Waals surface area contributed by atoms with Crippen molar-refractivity contribution in [1.82, 2.24) is 10.2 Å². The van der Waals surface area contributed by atoms with Crippen molar-refractivity contribution in [3.8, 4) is 0 Å². The van der Waals surface area contributed by atoms with E-state index < -0.39 is 0 Å². The van der Waals surface area contributed by atoms with Gasteiger partial charge in [-0.05, 0) is 39.3 Å². The molecular formula is C10H20N2O. The van der Waals surface area contributed by atoms with Gasteiger partial charge in [-0.1, -0.05) is 6.92 Å². The fraction of sp³-hybridized carbons (Fsp3) is 0.900. The van der Waals surface area contributed by atoms with E-state index >= 15 is 0 Å². The fourth-order valence-corrected chi connectivity index (χ4v) is 1.90. The highest BCUT2D eigenvalue weighted by atomic mass is 16.2. The third kappa shape index (κ3) is 3.77. The second-order valence-corrected chi connectivity index (χ2v) is 4.42. The molecule has 0 aliphatic heterocycles. The lowest BCUT2D eigenvalue weighted by atomic mass is 10.1. The Bertz CT molecular complexity index is 180. The van der Waals surface area contributed by atoms with Gasteiger partial charge in [-0.15, -0.1) is 0 Å². The number of rotatable bonds is 3. The van der Waals surface area contributed by atoms with E-state index in [9.17, 15) is 4.79 Å². The topological polar surface area (TPSA) is 32.3 Å². The van der Waals surface area contributed by atoms with E-state index in [0.717, 1.165) is 18.8 Å². The molecule has 0 spiro atoms. The average Bonchev–Trinajstić information content (AvgIpc) is 2.33. The number of nitrogens with zero attached hydrogens (tertiary/aromatic N) is 1. The Kier molecular flexibility index (Phi) is 3.72. The van der Waals surface area contributed by atoms with Crippen molar-refractivity contribution in [3.05, 3.63) is 0 Å². The van der Waals surface area contributed by atoms with Gasteiger partial charge in [0, 0.05) is 6.04 Å². The summed E-state index contributed by atoms with van der Waals surface area (Å²) in [6.45, 7) is 2.75. The van der Waals surface area contributed by atoms with Gasteiger partial charge >= 0.3 is 0 Å². The summed E-state index contributed by atoms with van der Waals surface area (Å²) in [6.07, 6.45) is 3.56. The van der Waals surface area contributed by atoms with Crippen LogP contribution in [0.2, 0.25) is 0 Å². The molecule has 1 fully saturated rings. The van der Waals surface area contributed by atoms with Gasteiger partial charge in [0.05, 0.1) is 6.54 Å². The third-order valence-corrected chi connectivity index (χ3v) is 2.52. The van der Waals surface area contributed by atoms with Crippen molar-refractivity contribution in [2.24, 2.45) is 5.92 Å². The monoisotopic (exact) mass is 184 g/mol. The van der Waals surface area contributed by atoms with Crippen LogP contribution in [0.4, 0.5) is 0 Å². The largest absolute Gasteiger partial charge is 0.352 e. The van der Waals surface area contributed by atoms with Crippen LogP contribution in [0.3, 0.4) is 0 Å². The zero-order valence-electron chi connectivity index (χ0n) is 8.84. The minimum Gasteiger partial charge on any atom is -0.352 e. The Morgan fingerprint density at radius 3 is 2.62 bits per heavy atom. The van der Waals surface area contributed by atoms with E-state index in [-0.39, 0.29) is 5.91 Å². The molecule has 1 rings (SSSR count). The van der Waals surface area contributed by atoms with Crippen LogP contribution < -0.4 is 5.32 Å². The second-order valence-electron chi connectivity index (χ2n) is 4.42. The first-order chi connectivity index (χ1) is 6.08. The molecule has 1 saturated carbocycles. The molecule has 3 nitrogen and oxygen atoms in total. The zero-order valence-corrected chi connectivity index (χ0v) is 8.84. The highest BCUT2D eigenvalue weighted by Crippen LogP contribution is 2.24. The number of nitrogens with one attached hydrogen (secondary N) is 1. The Balaban J connectivity index is 2.21. The van der Waals surface area contributed by atoms with E-state index in [1.807, 2.05) is 19.0 Å². The maximum absolute atomic E-state index is 11.4. The SMILES string of the molecule is CC1CCC(NC(=O)CN(C)C)C1. The molecule has 0 bridgehead atoms. The molecule has 0 radical (unpaired) electrons. The summed E-state index contributed by atoms with van der Waals surface area (Å²) >= 11 is 0. The molecule has 3 heteroatoms. The maximum Gasteiger partial charge on any atom is 0.234 e. The van der Waals surface area contributed by atoms with Gasteiger partial charge in [0.25, 0.3) is 0 Å². The highest BCUT2D eigenvalue weighted by Gasteiger charge is 2.22. The maximum atomic E-state index is 11.4. The minimum absolute atomic E-state index is 0.157. The molecule has 1 amide bonds. The van der Waals surface area contributed by atoms with Crippen molar-refractivity contribution >= 4 is 5.91 Å². The highest BCUT2D eigenvalue weighted by molar-refractivity contribution is 5.78. The van der Waals surface area contributed by atoms with Crippen molar-refractivity contribution in [2.45, 2.75) is 32.2 Å². The number of hydrogen-bond donors (Lipinski definition) is 1. The van der Waals surface area contributed by atoms with E-state index in [2.05, 4.69) is 12.2 Å². The smallest absolute Gasteiger partial charge is 0.234 e. The first-order valence-electron chi connectivity index (χ1n) is 5.02. The van der Waals surface area contributed by atoms with Gasteiger partial charge in [0.1, 0.15) is 0 Å². The van der Waals surface area contributed by atoms with Crippen molar-refractivity contribution in [1.29, 1.82) is 0 Å². The van der Waals surface area contributed by atoms with E-state index in [0.29, 0.717) is 12.6 Å². The van der Waals surface area contributed by atoms with Gasteiger partial charge in [-0.2, -0.15) is 0 Å². The van der Waals surface area contributed by atoms with Gasteiger partial charge < -0.3 is 10.2 Å². The van der Waals surface area contributed by atoms with E-state index in [4.69, 9.17) is 0 Å². The summed E-state index contributed by atoms with van der Waals surface area (Å²) in [7, 11) is 3.83. The molecule has 13 heavy (non-hydrogen) atoms. The van der Waals surface area contributed by atoms with Crippen LogP contribution in [0.1, 0.15) is 26.2 Å². The fourth-order valence-electron chi connectivity index (χ4n) is 1.90. The first kappa shape index (κ1) is 10.5. The normalized spacial score (nSPS) is 28.0. The lowest BCUT2D eigenvalue weighted by Gasteiger charge is -2.14. The molecule has 1 aliphatic rings. The molecule has 2 atom stereocenters. The average molecular weight is 184 g/mol. The van der Waals surface area contributed by atoms with Crippen LogP contribution in [-0.2, 0) is 4.79 Å². The Morgan fingerprint density at radius 2 is 2.15 bits per heavy atom. The lowest BCUT2D eigenvalue weighted by molar-refractivity contribution is -0.122. The van der Waals surface area contributed by atoms with Gasteiger partial charge in [0.15, 0.2) is 0 Å². The van der Waals surface area contributed by atoms with Crippen LogP contribution in [0.5, 0.6) is 0 Å². The summed E-state index contributed by atoms with van der Waals surface area (Å²) in [6, 6.07) is 0.433. The quantitative estimate of drug-likeness (QED) is 0.705. The van der Waals surface area contributed by atoms with E-state index in [1.165, 1.54) is 6.42 Å². The number of carbonyl (C=O) groups is 1. The lowest BCUT2D eigenvalue weighted by Crippen LogP contribution is -2.38. The molecule has 0 saturated heterocycles. The molecule has 0 aromatic carbocycles. The number of hydrogen-bond acceptors (Lipinski definition) is 2. The molecular weight excluding hydrogens is 164 g/mol. The van der Waals surface area contributed by atoms with Crippen molar-refractivity contribution < 1.29 is 4.79 Å². The standard InChI is InChI=1S/C10H20N2O/c1-8-4-5-9(6-8)11-10(13)7-12(2)3/h8-9H,4-7H2,1-3H3,(H,11,13). The second kappa shape index (κ2) is 4.61. The van der Waals surface area contributed by atoms with Crippen molar-refractivity contribution in [3.63, 3.8) is 0 Å². The molecule has 1 N–H and O–H groups in total. The van der Waals surface area contributed by atoms with Crippen LogP contribution in [0.25, 0.3) is 0 Å². The number of amides is 1. The Labute approximate surface area is 80.5 Å². The third-order valence-electron chi connectivity index (χ3n) is 2.52. The van der Waals surface area contributed by atoms with Gasteiger partial charge in [-0.3, -0.25) is 4.79 Å². The van der Waals surface area contributed by atoms with Crippen LogP contribution in [0, 0.1) is 5.92 Å². The zero-order chi connectivity index (χ0) is 9.84. The van der Waals surface area contributed by atoms with Gasteiger partial charge in [-0.25, -0.2) is 0 Å². The first-order valence-corrected chi connectivity index (χ1v) is 5.02. The predicted octanol–water partition coefficient (Wildman–Crippen LogP) is 0.853. The van der Waals surface area contributed by atoms with Crippen molar-refractivity contribution in [2.75, 3.05) is 20.6 Å². The van der Waals surface area contributed by atoms with E-state index in [1.54, 1.807) is 0 Å². The molecule has 0 aromatic rings. The number of carbonyl (C=O) groups excluding carboxylic acids is 1. The van der Waals surface area contributed by atoms with Crippen LogP contribution in [-0.4, -0.2) is 37.5 Å². The van der Waals surface area contributed by atoms with Crippen LogP contribution in [0.15, 0.2) is 0 Å². The molecule has 0 aromatic heterocycles. The number of likely N-dealkylation sites (N-methyl/N-ethyl adjacent to an activating group) is 1. The summed E-state index contributed by atoms with van der Waals surface area (Å²) in [5, 5.41) is 3.06. The van der Waals surface area contributed by atoms with Crippen LogP contribution >= 0.6 is 0 Å². The summed E-state index contributed by atoms with van der Waals surface area (Å²) in [5.41, 5.74) is 0. The molecule has 2 unspecified atom stereocenters. The Morgan fingerprint density at radius 1 is 1.46 bits per heavy atom. The molecule has 0 heterocycles. The molecule has 76 valence electrons. The Hall–Kier alpha value is -0.570.